The maximum absolute atomic E-state index is 13.1. The Bertz CT molecular complexity index is 878. The van der Waals surface area contributed by atoms with Gasteiger partial charge in [-0.25, -0.2) is 28.5 Å². The molecule has 2 amide bonds. The summed E-state index contributed by atoms with van der Waals surface area (Å²) >= 11 is 0. The molecule has 0 aliphatic rings. The fourth-order valence-electron chi connectivity index (χ4n) is 1.97. The number of imidazole rings is 1. The van der Waals surface area contributed by atoms with E-state index in [0.717, 1.165) is 18.0 Å². The molecule has 2 N–H and O–H groups in total. The summed E-state index contributed by atoms with van der Waals surface area (Å²) in [5.41, 5.74) is 0.467. The van der Waals surface area contributed by atoms with Gasteiger partial charge in [-0.3, -0.25) is 4.57 Å². The average molecular weight is 330 g/mol. The molecular formula is C15H12F2N6O. The molecule has 0 unspecified atom stereocenters. The maximum atomic E-state index is 13.1. The monoisotopic (exact) mass is 330 g/mol. The molecule has 0 spiro atoms. The summed E-state index contributed by atoms with van der Waals surface area (Å²) in [6, 6.07) is 2.43. The van der Waals surface area contributed by atoms with Crippen LogP contribution in [0.3, 0.4) is 0 Å². The SMILES string of the molecule is Cc1nccn1-c1ncc(NC(=O)Nc2ccc(F)c(F)c2)cn1. The second-order valence-electron chi connectivity index (χ2n) is 4.82. The quantitative estimate of drug-likeness (QED) is 0.773. The summed E-state index contributed by atoms with van der Waals surface area (Å²) in [5.74, 6) is -0.890. The van der Waals surface area contributed by atoms with Crippen LogP contribution in [0.1, 0.15) is 5.82 Å². The number of rotatable bonds is 3. The van der Waals surface area contributed by atoms with E-state index in [1.54, 1.807) is 17.0 Å². The zero-order valence-corrected chi connectivity index (χ0v) is 12.5. The normalized spacial score (nSPS) is 10.5. The first kappa shape index (κ1) is 15.5. The Morgan fingerprint density at radius 2 is 1.75 bits per heavy atom. The van der Waals surface area contributed by atoms with Crippen LogP contribution in [0.2, 0.25) is 0 Å². The van der Waals surface area contributed by atoms with Crippen LogP contribution in [-0.4, -0.2) is 25.6 Å². The van der Waals surface area contributed by atoms with Crippen molar-refractivity contribution >= 4 is 17.4 Å². The average Bonchev–Trinajstić information content (AvgIpc) is 2.98. The minimum Gasteiger partial charge on any atom is -0.308 e. The third-order valence-corrected chi connectivity index (χ3v) is 3.11. The number of anilines is 2. The van der Waals surface area contributed by atoms with Gasteiger partial charge in [-0.05, 0) is 19.1 Å². The fraction of sp³-hybridized carbons (Fsp3) is 0.0667. The summed E-state index contributed by atoms with van der Waals surface area (Å²) in [7, 11) is 0. The van der Waals surface area contributed by atoms with Gasteiger partial charge in [-0.1, -0.05) is 0 Å². The number of urea groups is 1. The first-order valence-corrected chi connectivity index (χ1v) is 6.88. The van der Waals surface area contributed by atoms with E-state index in [0.29, 0.717) is 11.6 Å². The lowest BCUT2D eigenvalue weighted by molar-refractivity contribution is 0.262. The minimum atomic E-state index is -1.05. The summed E-state index contributed by atoms with van der Waals surface area (Å²) in [6.07, 6.45) is 6.19. The highest BCUT2D eigenvalue weighted by molar-refractivity contribution is 5.99. The fourth-order valence-corrected chi connectivity index (χ4v) is 1.97. The van der Waals surface area contributed by atoms with Gasteiger partial charge >= 0.3 is 6.03 Å². The molecule has 0 saturated carbocycles. The van der Waals surface area contributed by atoms with E-state index in [1.807, 2.05) is 6.92 Å². The van der Waals surface area contributed by atoms with Gasteiger partial charge in [0.05, 0.1) is 18.1 Å². The van der Waals surface area contributed by atoms with Crippen LogP contribution in [0.15, 0.2) is 43.0 Å². The molecule has 0 bridgehead atoms. The van der Waals surface area contributed by atoms with Gasteiger partial charge in [-0.15, -0.1) is 0 Å². The Morgan fingerprint density at radius 3 is 2.38 bits per heavy atom. The minimum absolute atomic E-state index is 0.123. The van der Waals surface area contributed by atoms with Crippen LogP contribution in [0.4, 0.5) is 25.0 Å². The summed E-state index contributed by atoms with van der Waals surface area (Å²) in [5, 5.41) is 4.88. The predicted octanol–water partition coefficient (Wildman–Crippen LogP) is 2.89. The van der Waals surface area contributed by atoms with Gasteiger partial charge in [0.15, 0.2) is 11.6 Å². The zero-order chi connectivity index (χ0) is 17.1. The number of carbonyl (C=O) groups is 1. The van der Waals surface area contributed by atoms with Crippen molar-refractivity contribution in [1.29, 1.82) is 0 Å². The molecule has 24 heavy (non-hydrogen) atoms. The van der Waals surface area contributed by atoms with E-state index < -0.39 is 17.7 Å². The molecule has 0 atom stereocenters. The standard InChI is InChI=1S/C15H12F2N6O/c1-9-18-4-5-23(9)14-19-7-11(8-20-14)22-15(24)21-10-2-3-12(16)13(17)6-10/h2-8H,1H3,(H2,21,22,24). The van der Waals surface area contributed by atoms with Gasteiger partial charge in [0.1, 0.15) is 5.82 Å². The van der Waals surface area contributed by atoms with E-state index in [4.69, 9.17) is 0 Å². The summed E-state index contributed by atoms with van der Waals surface area (Å²) in [6.45, 7) is 1.81. The molecule has 0 aliphatic heterocycles. The van der Waals surface area contributed by atoms with Gasteiger partial charge < -0.3 is 10.6 Å². The highest BCUT2D eigenvalue weighted by Crippen LogP contribution is 2.14. The van der Waals surface area contributed by atoms with Crippen LogP contribution in [-0.2, 0) is 0 Å². The second-order valence-corrected chi connectivity index (χ2v) is 4.82. The largest absolute Gasteiger partial charge is 0.323 e. The number of nitrogens with zero attached hydrogens (tertiary/aromatic N) is 4. The van der Waals surface area contributed by atoms with Crippen molar-refractivity contribution in [3.8, 4) is 5.95 Å². The predicted molar refractivity (Wildman–Crippen MR) is 82.9 cm³/mol. The van der Waals surface area contributed by atoms with E-state index in [9.17, 15) is 13.6 Å². The van der Waals surface area contributed by atoms with E-state index in [1.165, 1.54) is 18.5 Å². The molecule has 1 aromatic carbocycles. The van der Waals surface area contributed by atoms with E-state index >= 15 is 0 Å². The maximum Gasteiger partial charge on any atom is 0.323 e. The van der Waals surface area contributed by atoms with Gasteiger partial charge in [-0.2, -0.15) is 0 Å². The second kappa shape index (κ2) is 6.41. The number of halogens is 2. The Morgan fingerprint density at radius 1 is 1.04 bits per heavy atom. The molecule has 122 valence electrons. The van der Waals surface area contributed by atoms with Crippen molar-refractivity contribution in [2.75, 3.05) is 10.6 Å². The Balaban J connectivity index is 1.66. The summed E-state index contributed by atoms with van der Waals surface area (Å²) in [4.78, 5) is 24.2. The van der Waals surface area contributed by atoms with Crippen LogP contribution < -0.4 is 10.6 Å². The molecule has 3 rings (SSSR count). The lowest BCUT2D eigenvalue weighted by Gasteiger charge is -2.08. The molecular weight excluding hydrogens is 318 g/mol. The van der Waals surface area contributed by atoms with E-state index in [2.05, 4.69) is 25.6 Å². The lowest BCUT2D eigenvalue weighted by Crippen LogP contribution is -2.20. The molecule has 7 nitrogen and oxygen atoms in total. The zero-order valence-electron chi connectivity index (χ0n) is 12.5. The molecule has 0 radical (unpaired) electrons. The van der Waals surface area contributed by atoms with Crippen LogP contribution in [0.25, 0.3) is 5.95 Å². The van der Waals surface area contributed by atoms with E-state index in [-0.39, 0.29) is 5.69 Å². The first-order valence-electron chi connectivity index (χ1n) is 6.88. The number of hydrogen-bond donors (Lipinski definition) is 2. The van der Waals surface area contributed by atoms with Crippen molar-refractivity contribution in [2.24, 2.45) is 0 Å². The van der Waals surface area contributed by atoms with Crippen molar-refractivity contribution in [3.63, 3.8) is 0 Å². The lowest BCUT2D eigenvalue weighted by atomic mass is 10.3. The van der Waals surface area contributed by atoms with Crippen molar-refractivity contribution in [2.45, 2.75) is 6.92 Å². The molecule has 3 aromatic rings. The molecule has 0 fully saturated rings. The number of nitrogens with one attached hydrogen (secondary N) is 2. The van der Waals surface area contributed by atoms with Crippen LogP contribution in [0.5, 0.6) is 0 Å². The topological polar surface area (TPSA) is 84.7 Å². The smallest absolute Gasteiger partial charge is 0.308 e. The molecule has 2 aromatic heterocycles. The number of amides is 2. The van der Waals surface area contributed by atoms with Crippen molar-refractivity contribution < 1.29 is 13.6 Å². The van der Waals surface area contributed by atoms with Crippen molar-refractivity contribution in [3.05, 3.63) is 60.4 Å². The number of benzene rings is 1. The van der Waals surface area contributed by atoms with Gasteiger partial charge in [0.25, 0.3) is 0 Å². The summed E-state index contributed by atoms with van der Waals surface area (Å²) < 4.78 is 27.6. The van der Waals surface area contributed by atoms with Gasteiger partial charge in [0, 0.05) is 24.1 Å². The first-order chi connectivity index (χ1) is 11.5. The molecule has 9 heteroatoms. The Hall–Kier alpha value is -3.36. The molecule has 0 saturated heterocycles. The van der Waals surface area contributed by atoms with Crippen LogP contribution >= 0.6 is 0 Å². The highest BCUT2D eigenvalue weighted by Gasteiger charge is 2.08. The number of hydrogen-bond acceptors (Lipinski definition) is 4. The number of carbonyl (C=O) groups excluding carboxylic acids is 1. The third-order valence-electron chi connectivity index (χ3n) is 3.11. The Kier molecular flexibility index (Phi) is 4.15. The van der Waals surface area contributed by atoms with Crippen molar-refractivity contribution in [1.82, 2.24) is 19.5 Å². The molecule has 2 heterocycles. The van der Waals surface area contributed by atoms with Crippen LogP contribution in [0, 0.1) is 18.6 Å². The Labute approximate surface area is 135 Å². The number of aromatic nitrogens is 4. The number of aryl methyl sites for hydroxylation is 1. The third kappa shape index (κ3) is 3.35. The highest BCUT2D eigenvalue weighted by atomic mass is 19.2. The molecule has 0 aliphatic carbocycles. The van der Waals surface area contributed by atoms with Gasteiger partial charge in [0.2, 0.25) is 5.95 Å².